The summed E-state index contributed by atoms with van der Waals surface area (Å²) in [5.41, 5.74) is 0.0685. The number of hydrogen-bond acceptors (Lipinski definition) is 4. The number of hydrogen-bond donors (Lipinski definition) is 0. The Morgan fingerprint density at radius 3 is 2.50 bits per heavy atom. The van der Waals surface area contributed by atoms with Crippen molar-refractivity contribution in [3.8, 4) is 6.07 Å². The van der Waals surface area contributed by atoms with Crippen LogP contribution in [-0.2, 0) is 0 Å². The highest BCUT2D eigenvalue weighted by molar-refractivity contribution is 8.00. The van der Waals surface area contributed by atoms with Crippen LogP contribution in [0.3, 0.4) is 0 Å². The molecule has 0 aliphatic carbocycles. The Labute approximate surface area is 85.7 Å². The SMILES string of the molecule is CC(C#N)Sc1ccc([N+](=O)[O-])cc1. The molecule has 0 aromatic heterocycles. The van der Waals surface area contributed by atoms with Gasteiger partial charge in [-0.15, -0.1) is 11.8 Å². The molecule has 0 spiro atoms. The Bertz CT molecular complexity index is 369. The van der Waals surface area contributed by atoms with Gasteiger partial charge in [0.25, 0.3) is 5.69 Å². The van der Waals surface area contributed by atoms with E-state index in [1.165, 1.54) is 23.9 Å². The van der Waals surface area contributed by atoms with Crippen molar-refractivity contribution in [1.29, 1.82) is 5.26 Å². The summed E-state index contributed by atoms with van der Waals surface area (Å²) >= 11 is 1.38. The molecule has 0 heterocycles. The molecule has 0 saturated heterocycles. The molecular formula is C9H8N2O2S. The zero-order valence-electron chi connectivity index (χ0n) is 7.51. The molecule has 0 aliphatic heterocycles. The minimum Gasteiger partial charge on any atom is -0.258 e. The number of nitro groups is 1. The monoisotopic (exact) mass is 208 g/mol. The summed E-state index contributed by atoms with van der Waals surface area (Å²) in [6.07, 6.45) is 0. The van der Waals surface area contributed by atoms with E-state index in [0.717, 1.165) is 4.90 Å². The Balaban J connectivity index is 2.75. The molecule has 14 heavy (non-hydrogen) atoms. The summed E-state index contributed by atoms with van der Waals surface area (Å²) in [5, 5.41) is 18.8. The highest BCUT2D eigenvalue weighted by Crippen LogP contribution is 2.24. The van der Waals surface area contributed by atoms with E-state index in [1.54, 1.807) is 19.1 Å². The lowest BCUT2D eigenvalue weighted by atomic mass is 10.3. The first-order valence-electron chi connectivity index (χ1n) is 3.94. The molecule has 1 atom stereocenters. The van der Waals surface area contributed by atoms with Gasteiger partial charge in [-0.25, -0.2) is 0 Å². The predicted molar refractivity (Wildman–Crippen MR) is 54.0 cm³/mol. The van der Waals surface area contributed by atoms with Crippen molar-refractivity contribution in [2.45, 2.75) is 17.1 Å². The molecule has 0 aliphatic rings. The van der Waals surface area contributed by atoms with Gasteiger partial charge in [0.15, 0.2) is 0 Å². The molecular weight excluding hydrogens is 200 g/mol. The minimum atomic E-state index is -0.442. The van der Waals surface area contributed by atoms with Gasteiger partial charge in [-0.1, -0.05) is 0 Å². The topological polar surface area (TPSA) is 66.9 Å². The Hall–Kier alpha value is -1.54. The maximum absolute atomic E-state index is 10.3. The second-order valence-electron chi connectivity index (χ2n) is 2.64. The third kappa shape index (κ3) is 2.75. The lowest BCUT2D eigenvalue weighted by Gasteiger charge is -2.01. The van der Waals surface area contributed by atoms with Gasteiger partial charge in [-0.05, 0) is 19.1 Å². The summed E-state index contributed by atoms with van der Waals surface area (Å²) in [5.74, 6) is 0. The molecule has 0 bridgehead atoms. The summed E-state index contributed by atoms with van der Waals surface area (Å²) in [7, 11) is 0. The number of nitriles is 1. The smallest absolute Gasteiger partial charge is 0.258 e. The number of non-ortho nitro benzene ring substituents is 1. The standard InChI is InChI=1S/C9H8N2O2S/c1-7(6-10)14-9-4-2-8(3-5-9)11(12)13/h2-5,7H,1H3. The Kier molecular flexibility index (Phi) is 3.48. The highest BCUT2D eigenvalue weighted by atomic mass is 32.2. The van der Waals surface area contributed by atoms with Gasteiger partial charge in [0.05, 0.1) is 16.2 Å². The van der Waals surface area contributed by atoms with E-state index in [1.807, 2.05) is 0 Å². The van der Waals surface area contributed by atoms with E-state index < -0.39 is 4.92 Å². The number of rotatable bonds is 3. The summed E-state index contributed by atoms with van der Waals surface area (Å²) < 4.78 is 0. The fourth-order valence-corrected chi connectivity index (χ4v) is 1.63. The van der Waals surface area contributed by atoms with E-state index in [-0.39, 0.29) is 10.9 Å². The van der Waals surface area contributed by atoms with Crippen LogP contribution in [0.4, 0.5) is 5.69 Å². The van der Waals surface area contributed by atoms with Gasteiger partial charge in [-0.3, -0.25) is 10.1 Å². The number of nitrogens with zero attached hydrogens (tertiary/aromatic N) is 2. The number of thioether (sulfide) groups is 1. The van der Waals surface area contributed by atoms with Crippen molar-refractivity contribution in [2.75, 3.05) is 0 Å². The predicted octanol–water partition coefficient (Wildman–Crippen LogP) is 2.60. The number of benzene rings is 1. The average Bonchev–Trinajstić information content (AvgIpc) is 2.18. The first-order valence-corrected chi connectivity index (χ1v) is 4.82. The summed E-state index contributed by atoms with van der Waals surface area (Å²) in [6, 6.07) is 8.25. The molecule has 0 saturated carbocycles. The third-order valence-electron chi connectivity index (χ3n) is 1.54. The number of nitro benzene ring substituents is 1. The van der Waals surface area contributed by atoms with E-state index in [2.05, 4.69) is 6.07 Å². The molecule has 0 N–H and O–H groups in total. The van der Waals surface area contributed by atoms with Crippen LogP contribution in [0, 0.1) is 21.4 Å². The quantitative estimate of drug-likeness (QED) is 0.435. The fourth-order valence-electron chi connectivity index (χ4n) is 0.877. The van der Waals surface area contributed by atoms with Crippen LogP contribution in [0.15, 0.2) is 29.2 Å². The van der Waals surface area contributed by atoms with Gasteiger partial charge in [-0.2, -0.15) is 5.26 Å². The van der Waals surface area contributed by atoms with Crippen molar-refractivity contribution >= 4 is 17.4 Å². The Morgan fingerprint density at radius 1 is 1.50 bits per heavy atom. The first kappa shape index (κ1) is 10.5. The largest absolute Gasteiger partial charge is 0.269 e. The van der Waals surface area contributed by atoms with Gasteiger partial charge >= 0.3 is 0 Å². The van der Waals surface area contributed by atoms with Crippen LogP contribution in [0.1, 0.15) is 6.92 Å². The molecule has 1 aromatic rings. The van der Waals surface area contributed by atoms with Gasteiger partial charge < -0.3 is 0 Å². The van der Waals surface area contributed by atoms with Crippen LogP contribution in [0.25, 0.3) is 0 Å². The minimum absolute atomic E-state index is 0.0685. The maximum atomic E-state index is 10.3. The molecule has 0 fully saturated rings. The molecule has 72 valence electrons. The molecule has 0 amide bonds. The first-order chi connectivity index (χ1) is 6.63. The molecule has 5 heteroatoms. The second kappa shape index (κ2) is 4.63. The second-order valence-corrected chi connectivity index (χ2v) is 4.05. The summed E-state index contributed by atoms with van der Waals surface area (Å²) in [6.45, 7) is 1.78. The van der Waals surface area contributed by atoms with Gasteiger partial charge in [0.2, 0.25) is 0 Å². The normalized spacial score (nSPS) is 11.7. The Morgan fingerprint density at radius 2 is 2.07 bits per heavy atom. The van der Waals surface area contributed by atoms with Crippen molar-refractivity contribution < 1.29 is 4.92 Å². The molecule has 1 unspecified atom stereocenters. The van der Waals surface area contributed by atoms with Crippen LogP contribution >= 0.6 is 11.8 Å². The van der Waals surface area contributed by atoms with Crippen molar-refractivity contribution in [3.63, 3.8) is 0 Å². The van der Waals surface area contributed by atoms with Gasteiger partial charge in [0.1, 0.15) is 0 Å². The average molecular weight is 208 g/mol. The van der Waals surface area contributed by atoms with Crippen molar-refractivity contribution in [1.82, 2.24) is 0 Å². The highest BCUT2D eigenvalue weighted by Gasteiger charge is 2.06. The van der Waals surface area contributed by atoms with E-state index in [4.69, 9.17) is 5.26 Å². The molecule has 1 aromatic carbocycles. The van der Waals surface area contributed by atoms with Crippen LogP contribution in [0.5, 0.6) is 0 Å². The maximum Gasteiger partial charge on any atom is 0.269 e. The van der Waals surface area contributed by atoms with Gasteiger partial charge in [0, 0.05) is 17.0 Å². The van der Waals surface area contributed by atoms with Crippen molar-refractivity contribution in [3.05, 3.63) is 34.4 Å². The van der Waals surface area contributed by atoms with Crippen molar-refractivity contribution in [2.24, 2.45) is 0 Å². The van der Waals surface area contributed by atoms with E-state index >= 15 is 0 Å². The van der Waals surface area contributed by atoms with E-state index in [0.29, 0.717) is 0 Å². The fraction of sp³-hybridized carbons (Fsp3) is 0.222. The zero-order valence-corrected chi connectivity index (χ0v) is 8.32. The molecule has 1 rings (SSSR count). The molecule has 4 nitrogen and oxygen atoms in total. The summed E-state index contributed by atoms with van der Waals surface area (Å²) in [4.78, 5) is 10.8. The van der Waals surface area contributed by atoms with Crippen LogP contribution < -0.4 is 0 Å². The third-order valence-corrected chi connectivity index (χ3v) is 2.55. The van der Waals surface area contributed by atoms with Crippen LogP contribution in [0.2, 0.25) is 0 Å². The zero-order chi connectivity index (χ0) is 10.6. The lowest BCUT2D eigenvalue weighted by molar-refractivity contribution is -0.384. The lowest BCUT2D eigenvalue weighted by Crippen LogP contribution is -1.90. The van der Waals surface area contributed by atoms with Crippen LogP contribution in [-0.4, -0.2) is 10.2 Å². The van der Waals surface area contributed by atoms with E-state index in [9.17, 15) is 10.1 Å². The molecule has 0 radical (unpaired) electrons.